The van der Waals surface area contributed by atoms with E-state index in [2.05, 4.69) is 52.0 Å². The van der Waals surface area contributed by atoms with Gasteiger partial charge >= 0.3 is 0 Å². The van der Waals surface area contributed by atoms with Crippen LogP contribution in [0.4, 0.5) is 0 Å². The maximum atomic E-state index is 11.7. The van der Waals surface area contributed by atoms with Gasteiger partial charge in [0.2, 0.25) is 5.91 Å². The van der Waals surface area contributed by atoms with Crippen LogP contribution in [-0.2, 0) is 9.63 Å². The van der Waals surface area contributed by atoms with Gasteiger partial charge in [-0.25, -0.2) is 0 Å². The molecule has 22 heavy (non-hydrogen) atoms. The van der Waals surface area contributed by atoms with Crippen molar-refractivity contribution < 1.29 is 9.63 Å². The summed E-state index contributed by atoms with van der Waals surface area (Å²) in [4.78, 5) is 16.9. The fourth-order valence-electron chi connectivity index (χ4n) is 1.67. The number of carbonyl (C=O) groups is 1. The van der Waals surface area contributed by atoms with Gasteiger partial charge in [0, 0.05) is 18.4 Å². The predicted molar refractivity (Wildman–Crippen MR) is 94.1 cm³/mol. The number of nitrogens with zero attached hydrogens (tertiary/aromatic N) is 1. The molecule has 1 amide bonds. The van der Waals surface area contributed by atoms with E-state index < -0.39 is 0 Å². The van der Waals surface area contributed by atoms with Crippen LogP contribution in [0.1, 0.15) is 80.6 Å². The van der Waals surface area contributed by atoms with Gasteiger partial charge in [0.25, 0.3) is 0 Å². The number of hydrogen-bond donors (Lipinski definition) is 1. The molecule has 4 nitrogen and oxygen atoms in total. The average Bonchev–Trinajstić information content (AvgIpc) is 2.35. The number of nitrogens with one attached hydrogen (secondary N) is 1. The minimum absolute atomic E-state index is 0.0322. The number of hydrogen-bond acceptors (Lipinski definition) is 3. The molecule has 0 aliphatic heterocycles. The van der Waals surface area contributed by atoms with Crippen molar-refractivity contribution in [1.82, 2.24) is 5.32 Å². The average molecular weight is 312 g/mol. The molecule has 0 aromatic heterocycles. The van der Waals surface area contributed by atoms with Crippen molar-refractivity contribution in [3.63, 3.8) is 0 Å². The Morgan fingerprint density at radius 3 is 2.23 bits per heavy atom. The Morgan fingerprint density at radius 1 is 1.05 bits per heavy atom. The molecule has 0 saturated carbocycles. The van der Waals surface area contributed by atoms with Crippen molar-refractivity contribution in [1.29, 1.82) is 0 Å². The van der Waals surface area contributed by atoms with Crippen LogP contribution in [-0.4, -0.2) is 24.8 Å². The van der Waals surface area contributed by atoms with Gasteiger partial charge in [-0.2, -0.15) is 0 Å². The molecule has 0 aliphatic rings. The Bertz CT molecular complexity index is 349. The molecule has 1 N–H and O–H groups in total. The van der Waals surface area contributed by atoms with Gasteiger partial charge in [0.15, 0.2) is 0 Å². The van der Waals surface area contributed by atoms with Crippen LogP contribution in [0.5, 0.6) is 0 Å². The molecule has 0 atom stereocenters. The molecular weight excluding hydrogens is 276 g/mol. The fraction of sp³-hybridized carbons (Fsp3) is 0.889. The molecule has 0 spiro atoms. The van der Waals surface area contributed by atoms with Gasteiger partial charge in [-0.1, -0.05) is 53.1 Å². The van der Waals surface area contributed by atoms with Gasteiger partial charge in [-0.3, -0.25) is 4.79 Å². The Kier molecular flexibility index (Phi) is 9.38. The lowest BCUT2D eigenvalue weighted by atomic mass is 9.90. The number of unbranched alkanes of at least 4 members (excludes halogenated alkanes) is 1. The molecule has 0 radical (unpaired) electrons. The molecule has 0 fully saturated rings. The second-order valence-corrected chi connectivity index (χ2v) is 8.23. The first-order valence-electron chi connectivity index (χ1n) is 8.46. The Labute approximate surface area is 137 Å². The molecule has 0 heterocycles. The molecule has 0 rings (SSSR count). The molecule has 0 bridgehead atoms. The lowest BCUT2D eigenvalue weighted by Gasteiger charge is -2.17. The normalized spacial score (nSPS) is 13.1. The third kappa shape index (κ3) is 12.7. The molecule has 0 unspecified atom stereocenters. The third-order valence-electron chi connectivity index (χ3n) is 3.60. The van der Waals surface area contributed by atoms with Gasteiger partial charge in [0.1, 0.15) is 6.61 Å². The Balaban J connectivity index is 3.59. The van der Waals surface area contributed by atoms with Gasteiger partial charge in [-0.15, -0.1) is 0 Å². The summed E-state index contributed by atoms with van der Waals surface area (Å²) in [6, 6.07) is 0. The minimum atomic E-state index is 0.0322. The number of rotatable bonds is 9. The molecule has 4 heteroatoms. The highest BCUT2D eigenvalue weighted by molar-refractivity contribution is 5.86. The largest absolute Gasteiger partial charge is 0.396 e. The summed E-state index contributed by atoms with van der Waals surface area (Å²) in [6.45, 7) is 16.3. The molecule has 0 aliphatic carbocycles. The van der Waals surface area contributed by atoms with E-state index in [1.165, 1.54) is 6.42 Å². The SMILES string of the molecule is C/C(=N/OCCCC(=O)NCCCCC(C)(C)C)C(C)(C)C. The van der Waals surface area contributed by atoms with E-state index in [-0.39, 0.29) is 11.3 Å². The summed E-state index contributed by atoms with van der Waals surface area (Å²) < 4.78 is 0. The van der Waals surface area contributed by atoms with Crippen LogP contribution in [0.25, 0.3) is 0 Å². The second kappa shape index (κ2) is 9.86. The smallest absolute Gasteiger partial charge is 0.220 e. The predicted octanol–water partition coefficient (Wildman–Crippen LogP) is 4.54. The summed E-state index contributed by atoms with van der Waals surface area (Å²) in [5.74, 6) is 0.107. The van der Waals surface area contributed by atoms with E-state index in [9.17, 15) is 4.79 Å². The first-order chi connectivity index (χ1) is 10.0. The lowest BCUT2D eigenvalue weighted by Crippen LogP contribution is -2.24. The van der Waals surface area contributed by atoms with E-state index in [1.54, 1.807) is 0 Å². The summed E-state index contributed by atoms with van der Waals surface area (Å²) in [6.07, 6.45) is 4.61. The minimum Gasteiger partial charge on any atom is -0.396 e. The first-order valence-corrected chi connectivity index (χ1v) is 8.46. The molecule has 130 valence electrons. The highest BCUT2D eigenvalue weighted by atomic mass is 16.6. The van der Waals surface area contributed by atoms with E-state index in [0.717, 1.165) is 25.1 Å². The highest BCUT2D eigenvalue weighted by Crippen LogP contribution is 2.21. The van der Waals surface area contributed by atoms with Crippen molar-refractivity contribution in [3.8, 4) is 0 Å². The zero-order chi connectivity index (χ0) is 17.2. The molecule has 0 saturated heterocycles. The quantitative estimate of drug-likeness (QED) is 0.386. The molecule has 0 aromatic carbocycles. The highest BCUT2D eigenvalue weighted by Gasteiger charge is 2.14. The van der Waals surface area contributed by atoms with E-state index in [0.29, 0.717) is 24.9 Å². The number of amides is 1. The van der Waals surface area contributed by atoms with Crippen molar-refractivity contribution >= 4 is 11.6 Å². The standard InChI is InChI=1S/C18H36N2O2/c1-15(18(5,6)7)20-22-14-10-11-16(21)19-13-9-8-12-17(2,3)4/h8-14H2,1-7H3,(H,19,21)/b20-15-. The molecule has 0 aromatic rings. The topological polar surface area (TPSA) is 50.7 Å². The maximum absolute atomic E-state index is 11.7. The summed E-state index contributed by atoms with van der Waals surface area (Å²) in [5, 5.41) is 7.05. The lowest BCUT2D eigenvalue weighted by molar-refractivity contribution is -0.121. The van der Waals surface area contributed by atoms with Gasteiger partial charge < -0.3 is 10.2 Å². The van der Waals surface area contributed by atoms with Crippen molar-refractivity contribution in [2.45, 2.75) is 80.6 Å². The van der Waals surface area contributed by atoms with Crippen LogP contribution in [0.3, 0.4) is 0 Å². The van der Waals surface area contributed by atoms with Gasteiger partial charge in [-0.05, 0) is 31.6 Å². The summed E-state index contributed by atoms with van der Waals surface area (Å²) in [7, 11) is 0. The maximum Gasteiger partial charge on any atom is 0.220 e. The van der Waals surface area contributed by atoms with Crippen LogP contribution in [0.2, 0.25) is 0 Å². The van der Waals surface area contributed by atoms with Gasteiger partial charge in [0.05, 0.1) is 5.71 Å². The fourth-order valence-corrected chi connectivity index (χ4v) is 1.67. The summed E-state index contributed by atoms with van der Waals surface area (Å²) in [5.41, 5.74) is 1.38. The van der Waals surface area contributed by atoms with Crippen LogP contribution < -0.4 is 5.32 Å². The van der Waals surface area contributed by atoms with Crippen molar-refractivity contribution in [2.75, 3.05) is 13.2 Å². The third-order valence-corrected chi connectivity index (χ3v) is 3.60. The zero-order valence-corrected chi connectivity index (χ0v) is 15.7. The van der Waals surface area contributed by atoms with E-state index >= 15 is 0 Å². The molecular formula is C18H36N2O2. The zero-order valence-electron chi connectivity index (χ0n) is 15.7. The monoisotopic (exact) mass is 312 g/mol. The number of oxime groups is 1. The van der Waals surface area contributed by atoms with Crippen LogP contribution in [0.15, 0.2) is 5.16 Å². The van der Waals surface area contributed by atoms with E-state index in [1.807, 2.05) is 6.92 Å². The number of carbonyl (C=O) groups excluding carboxylic acids is 1. The van der Waals surface area contributed by atoms with Crippen molar-refractivity contribution in [2.24, 2.45) is 16.0 Å². The van der Waals surface area contributed by atoms with Crippen molar-refractivity contribution in [3.05, 3.63) is 0 Å². The van der Waals surface area contributed by atoms with E-state index in [4.69, 9.17) is 4.84 Å². The Morgan fingerprint density at radius 2 is 1.68 bits per heavy atom. The summed E-state index contributed by atoms with van der Waals surface area (Å²) >= 11 is 0. The first kappa shape index (κ1) is 20.9. The second-order valence-electron chi connectivity index (χ2n) is 8.23. The Hall–Kier alpha value is -1.06. The van der Waals surface area contributed by atoms with Crippen LogP contribution >= 0.6 is 0 Å². The van der Waals surface area contributed by atoms with Crippen LogP contribution in [0, 0.1) is 10.8 Å².